The van der Waals surface area contributed by atoms with Gasteiger partial charge in [-0.3, -0.25) is 4.79 Å². The predicted molar refractivity (Wildman–Crippen MR) is 69.6 cm³/mol. The molecular weight excluding hydrogens is 228 g/mol. The van der Waals surface area contributed by atoms with Gasteiger partial charge in [0.25, 0.3) is 0 Å². The number of Topliss-reactive ketones (excluding diaryl/α,β-unsaturated/α-hetero) is 1. The molecule has 4 heteroatoms. The molecule has 0 radical (unpaired) electrons. The van der Waals surface area contributed by atoms with Gasteiger partial charge >= 0.3 is 0 Å². The zero-order valence-corrected chi connectivity index (χ0v) is 11.0. The van der Waals surface area contributed by atoms with Crippen molar-refractivity contribution in [3.63, 3.8) is 0 Å². The van der Waals surface area contributed by atoms with E-state index in [-0.39, 0.29) is 5.78 Å². The summed E-state index contributed by atoms with van der Waals surface area (Å²) in [5, 5.41) is 0. The quantitative estimate of drug-likeness (QED) is 0.780. The van der Waals surface area contributed by atoms with Gasteiger partial charge in [0.15, 0.2) is 5.78 Å². The molecule has 94 valence electrons. The molecular formula is C14H16N2O2. The number of imidazole rings is 1. The number of ketones is 1. The van der Waals surface area contributed by atoms with Crippen LogP contribution < -0.4 is 4.74 Å². The van der Waals surface area contributed by atoms with E-state index >= 15 is 0 Å². The Morgan fingerprint density at radius 2 is 2.06 bits per heavy atom. The second-order valence-electron chi connectivity index (χ2n) is 4.20. The van der Waals surface area contributed by atoms with Gasteiger partial charge in [0.1, 0.15) is 5.75 Å². The third-order valence-corrected chi connectivity index (χ3v) is 3.09. The van der Waals surface area contributed by atoms with Crippen LogP contribution in [0, 0.1) is 13.8 Å². The first-order valence-electron chi connectivity index (χ1n) is 5.75. The Balaban J connectivity index is 2.71. The Labute approximate surface area is 106 Å². The number of benzene rings is 1. The van der Waals surface area contributed by atoms with Crippen molar-refractivity contribution >= 4 is 5.78 Å². The van der Waals surface area contributed by atoms with Crippen molar-refractivity contribution in [1.82, 2.24) is 9.55 Å². The van der Waals surface area contributed by atoms with Gasteiger partial charge < -0.3 is 9.30 Å². The summed E-state index contributed by atoms with van der Waals surface area (Å²) in [6.07, 6.45) is 1.73. The highest BCUT2D eigenvalue weighted by Gasteiger charge is 2.16. The van der Waals surface area contributed by atoms with Gasteiger partial charge in [0, 0.05) is 5.69 Å². The molecule has 0 spiro atoms. The number of hydrogen-bond acceptors (Lipinski definition) is 3. The molecule has 0 saturated carbocycles. The number of aryl methyl sites for hydroxylation is 1. The number of ether oxygens (including phenoxy) is 1. The first-order valence-corrected chi connectivity index (χ1v) is 5.75. The van der Waals surface area contributed by atoms with Crippen molar-refractivity contribution in [2.75, 3.05) is 7.11 Å². The van der Waals surface area contributed by atoms with Crippen LogP contribution in [-0.4, -0.2) is 22.4 Å². The SMILES string of the molecule is COc1cccc(-n2cnc(C)c2C)c1C(C)=O. The first kappa shape index (κ1) is 12.4. The minimum Gasteiger partial charge on any atom is -0.496 e. The maximum atomic E-state index is 11.8. The van der Waals surface area contributed by atoms with Crippen LogP contribution in [0.25, 0.3) is 5.69 Å². The number of hydrogen-bond donors (Lipinski definition) is 0. The minimum absolute atomic E-state index is 0.0202. The molecule has 0 saturated heterocycles. The Hall–Kier alpha value is -2.10. The Kier molecular flexibility index (Phi) is 3.19. The van der Waals surface area contributed by atoms with E-state index in [0.717, 1.165) is 17.1 Å². The van der Waals surface area contributed by atoms with Gasteiger partial charge in [0.05, 0.1) is 30.4 Å². The van der Waals surface area contributed by atoms with Gasteiger partial charge in [-0.25, -0.2) is 4.98 Å². The van der Waals surface area contributed by atoms with Crippen LogP contribution in [0.4, 0.5) is 0 Å². The Morgan fingerprint density at radius 1 is 1.33 bits per heavy atom. The lowest BCUT2D eigenvalue weighted by atomic mass is 10.1. The zero-order chi connectivity index (χ0) is 13.3. The number of carbonyl (C=O) groups excluding carboxylic acids is 1. The summed E-state index contributed by atoms with van der Waals surface area (Å²) < 4.78 is 7.17. The molecule has 0 atom stereocenters. The second-order valence-corrected chi connectivity index (χ2v) is 4.20. The van der Waals surface area contributed by atoms with Crippen LogP contribution in [0.1, 0.15) is 28.7 Å². The average molecular weight is 244 g/mol. The molecule has 4 nitrogen and oxygen atoms in total. The fourth-order valence-electron chi connectivity index (χ4n) is 1.99. The molecule has 2 aromatic rings. The number of aromatic nitrogens is 2. The van der Waals surface area contributed by atoms with Crippen LogP contribution in [0.5, 0.6) is 5.75 Å². The van der Waals surface area contributed by atoms with Crippen molar-refractivity contribution < 1.29 is 9.53 Å². The van der Waals surface area contributed by atoms with Crippen LogP contribution >= 0.6 is 0 Å². The molecule has 1 aromatic heterocycles. The summed E-state index contributed by atoms with van der Waals surface area (Å²) in [5.74, 6) is 0.568. The van der Waals surface area contributed by atoms with Crippen LogP contribution in [0.15, 0.2) is 24.5 Å². The average Bonchev–Trinajstić information content (AvgIpc) is 2.69. The highest BCUT2D eigenvalue weighted by Crippen LogP contribution is 2.27. The molecule has 0 fully saturated rings. The van der Waals surface area contributed by atoms with E-state index in [0.29, 0.717) is 11.3 Å². The molecule has 0 bridgehead atoms. The highest BCUT2D eigenvalue weighted by atomic mass is 16.5. The number of rotatable bonds is 3. The third-order valence-electron chi connectivity index (χ3n) is 3.09. The smallest absolute Gasteiger partial charge is 0.165 e. The number of nitrogens with zero attached hydrogens (tertiary/aromatic N) is 2. The van der Waals surface area contributed by atoms with Gasteiger partial charge in [-0.2, -0.15) is 0 Å². The molecule has 0 aliphatic carbocycles. The maximum Gasteiger partial charge on any atom is 0.165 e. The summed E-state index contributed by atoms with van der Waals surface area (Å²) >= 11 is 0. The van der Waals surface area contributed by atoms with Crippen molar-refractivity contribution in [1.29, 1.82) is 0 Å². The van der Waals surface area contributed by atoms with E-state index in [4.69, 9.17) is 4.74 Å². The highest BCUT2D eigenvalue weighted by molar-refractivity contribution is 6.00. The topological polar surface area (TPSA) is 44.1 Å². The van der Waals surface area contributed by atoms with E-state index in [1.165, 1.54) is 0 Å². The summed E-state index contributed by atoms with van der Waals surface area (Å²) in [4.78, 5) is 16.1. The lowest BCUT2D eigenvalue weighted by Gasteiger charge is -2.13. The summed E-state index contributed by atoms with van der Waals surface area (Å²) in [7, 11) is 1.57. The van der Waals surface area contributed by atoms with Gasteiger partial charge in [-0.15, -0.1) is 0 Å². The number of methoxy groups -OCH3 is 1. The largest absolute Gasteiger partial charge is 0.496 e. The minimum atomic E-state index is -0.0202. The monoisotopic (exact) mass is 244 g/mol. The van der Waals surface area contributed by atoms with E-state index < -0.39 is 0 Å². The molecule has 0 aliphatic rings. The summed E-state index contributed by atoms with van der Waals surface area (Å²) in [6.45, 7) is 5.46. The first-order chi connectivity index (χ1) is 8.56. The molecule has 0 amide bonds. The third kappa shape index (κ3) is 1.90. The molecule has 2 rings (SSSR count). The van der Waals surface area contributed by atoms with Crippen molar-refractivity contribution in [3.8, 4) is 11.4 Å². The molecule has 1 heterocycles. The summed E-state index contributed by atoms with van der Waals surface area (Å²) in [6, 6.07) is 5.56. The molecule has 0 N–H and O–H groups in total. The maximum absolute atomic E-state index is 11.8. The molecule has 0 unspecified atom stereocenters. The van der Waals surface area contributed by atoms with E-state index in [2.05, 4.69) is 4.98 Å². The normalized spacial score (nSPS) is 10.4. The standard InChI is InChI=1S/C14H16N2O2/c1-9-10(2)16(8-15-9)12-6-5-7-13(18-4)14(12)11(3)17/h5-8H,1-4H3. The lowest BCUT2D eigenvalue weighted by molar-refractivity contribution is 0.101. The Bertz CT molecular complexity index is 600. The van der Waals surface area contributed by atoms with Crippen LogP contribution in [-0.2, 0) is 0 Å². The molecule has 18 heavy (non-hydrogen) atoms. The molecule has 0 aliphatic heterocycles. The second kappa shape index (κ2) is 4.64. The van der Waals surface area contributed by atoms with Gasteiger partial charge in [-0.1, -0.05) is 6.07 Å². The fraction of sp³-hybridized carbons (Fsp3) is 0.286. The van der Waals surface area contributed by atoms with Crippen molar-refractivity contribution in [3.05, 3.63) is 41.5 Å². The van der Waals surface area contributed by atoms with Gasteiger partial charge in [0.2, 0.25) is 0 Å². The zero-order valence-electron chi connectivity index (χ0n) is 11.0. The molecule has 1 aromatic carbocycles. The van der Waals surface area contributed by atoms with Crippen molar-refractivity contribution in [2.24, 2.45) is 0 Å². The van der Waals surface area contributed by atoms with Crippen LogP contribution in [0.3, 0.4) is 0 Å². The Morgan fingerprint density at radius 3 is 2.56 bits per heavy atom. The van der Waals surface area contributed by atoms with E-state index in [9.17, 15) is 4.79 Å². The lowest BCUT2D eigenvalue weighted by Crippen LogP contribution is -2.06. The van der Waals surface area contributed by atoms with Gasteiger partial charge in [-0.05, 0) is 32.9 Å². The van der Waals surface area contributed by atoms with E-state index in [1.807, 2.05) is 30.5 Å². The summed E-state index contributed by atoms with van der Waals surface area (Å²) in [5.41, 5.74) is 3.36. The van der Waals surface area contributed by atoms with Crippen molar-refractivity contribution in [2.45, 2.75) is 20.8 Å². The predicted octanol–water partition coefficient (Wildman–Crippen LogP) is 2.70. The van der Waals surface area contributed by atoms with Crippen LogP contribution in [0.2, 0.25) is 0 Å². The number of carbonyl (C=O) groups is 1. The van der Waals surface area contributed by atoms with E-state index in [1.54, 1.807) is 26.4 Å². The fourth-order valence-corrected chi connectivity index (χ4v) is 1.99.